The molecule has 1 heterocycles. The van der Waals surface area contributed by atoms with Crippen LogP contribution in [-0.2, 0) is 9.59 Å². The van der Waals surface area contributed by atoms with Gasteiger partial charge in [0.2, 0.25) is 5.91 Å². The van der Waals surface area contributed by atoms with E-state index in [-0.39, 0.29) is 11.5 Å². The molecule has 4 rings (SSSR count). The molecule has 0 atom stereocenters. The number of imide groups is 1. The molecule has 0 spiro atoms. The average molecular weight is 473 g/mol. The number of carbonyl (C=O) groups excluding carboxylic acids is 3. The fourth-order valence-corrected chi connectivity index (χ4v) is 4.28. The highest BCUT2D eigenvalue weighted by molar-refractivity contribution is 8.18. The lowest BCUT2D eigenvalue weighted by Gasteiger charge is -2.13. The third-order valence-corrected chi connectivity index (χ3v) is 5.97. The molecule has 0 radical (unpaired) electrons. The van der Waals surface area contributed by atoms with Crippen LogP contribution in [0.4, 0.5) is 10.5 Å². The smallest absolute Gasteiger partial charge is 0.294 e. The van der Waals surface area contributed by atoms with E-state index in [1.165, 1.54) is 0 Å². The van der Waals surface area contributed by atoms with Crippen LogP contribution in [0.2, 0.25) is 0 Å². The summed E-state index contributed by atoms with van der Waals surface area (Å²) in [7, 11) is 1.55. The topological polar surface area (TPSA) is 84.9 Å². The highest BCUT2D eigenvalue weighted by Gasteiger charge is 2.36. The van der Waals surface area contributed by atoms with E-state index >= 15 is 0 Å². The Labute approximate surface area is 200 Å². The Bertz CT molecular complexity index is 1340. The highest BCUT2D eigenvalue weighted by Crippen LogP contribution is 2.36. The number of ether oxygens (including phenoxy) is 2. The summed E-state index contributed by atoms with van der Waals surface area (Å²) in [5.74, 6) is 2.54. The molecule has 7 nitrogen and oxygen atoms in total. The third kappa shape index (κ3) is 4.90. The molecule has 0 aliphatic carbocycles. The maximum absolute atomic E-state index is 13.0. The van der Waals surface area contributed by atoms with Gasteiger partial charge in [0, 0.05) is 11.3 Å². The highest BCUT2D eigenvalue weighted by atomic mass is 32.2. The van der Waals surface area contributed by atoms with Crippen molar-refractivity contribution in [3.05, 3.63) is 71.1 Å². The second-order valence-corrected chi connectivity index (χ2v) is 8.23. The molecule has 3 aromatic carbocycles. The number of rotatable bonds is 7. The SMILES string of the molecule is C#CCOc1ccc2ccccc2c1/C=C1/SC(=O)N(CC(=O)Nc2ccc(OC)cc2)C1=O. The van der Waals surface area contributed by atoms with Gasteiger partial charge >= 0.3 is 0 Å². The minimum absolute atomic E-state index is 0.0617. The number of carbonyl (C=O) groups is 3. The number of amides is 3. The van der Waals surface area contributed by atoms with Crippen molar-refractivity contribution < 1.29 is 23.9 Å². The molecule has 34 heavy (non-hydrogen) atoms. The summed E-state index contributed by atoms with van der Waals surface area (Å²) in [4.78, 5) is 39.1. The van der Waals surface area contributed by atoms with Crippen molar-refractivity contribution in [2.45, 2.75) is 0 Å². The van der Waals surface area contributed by atoms with Gasteiger partial charge < -0.3 is 14.8 Å². The fraction of sp³-hybridized carbons (Fsp3) is 0.115. The van der Waals surface area contributed by atoms with Gasteiger partial charge in [-0.15, -0.1) is 6.42 Å². The van der Waals surface area contributed by atoms with Gasteiger partial charge in [0.25, 0.3) is 11.1 Å². The molecule has 1 saturated heterocycles. The number of anilines is 1. The number of fused-ring (bicyclic) bond motifs is 1. The van der Waals surface area contributed by atoms with E-state index in [1.54, 1.807) is 43.5 Å². The van der Waals surface area contributed by atoms with Crippen LogP contribution in [0.3, 0.4) is 0 Å². The minimum atomic E-state index is -0.546. The summed E-state index contributed by atoms with van der Waals surface area (Å²) >= 11 is 0.777. The molecule has 0 bridgehead atoms. The standard InChI is InChI=1S/C26H20N2O5S/c1-3-14-33-22-13-8-17-6-4-5-7-20(17)21(22)15-23-25(30)28(26(31)34-23)16-24(29)27-18-9-11-19(32-2)12-10-18/h1,4-13,15H,14,16H2,2H3,(H,27,29)/b23-15+. The largest absolute Gasteiger partial charge is 0.497 e. The minimum Gasteiger partial charge on any atom is -0.497 e. The quantitative estimate of drug-likeness (QED) is 0.402. The molecule has 1 fully saturated rings. The molecule has 170 valence electrons. The fourth-order valence-electron chi connectivity index (χ4n) is 3.46. The molecule has 1 N–H and O–H groups in total. The molecule has 0 aromatic heterocycles. The Balaban J connectivity index is 1.56. The Kier molecular flexibility index (Phi) is 6.85. The number of thioether (sulfide) groups is 1. The van der Waals surface area contributed by atoms with Gasteiger partial charge in [0.1, 0.15) is 24.7 Å². The van der Waals surface area contributed by atoms with Crippen molar-refractivity contribution >= 4 is 51.4 Å². The van der Waals surface area contributed by atoms with Gasteiger partial charge in [-0.1, -0.05) is 36.3 Å². The van der Waals surface area contributed by atoms with Crippen molar-refractivity contribution in [2.75, 3.05) is 25.6 Å². The lowest BCUT2D eigenvalue weighted by molar-refractivity contribution is -0.127. The second-order valence-electron chi connectivity index (χ2n) is 7.24. The number of nitrogens with one attached hydrogen (secondary N) is 1. The number of nitrogens with zero attached hydrogens (tertiary/aromatic N) is 1. The molecular formula is C26H20N2O5S. The first-order chi connectivity index (χ1) is 16.5. The van der Waals surface area contributed by atoms with Crippen LogP contribution in [0.25, 0.3) is 16.8 Å². The summed E-state index contributed by atoms with van der Waals surface area (Å²) in [6.45, 7) is -0.337. The van der Waals surface area contributed by atoms with E-state index in [0.717, 1.165) is 27.4 Å². The number of benzene rings is 3. The predicted molar refractivity (Wildman–Crippen MR) is 133 cm³/mol. The summed E-state index contributed by atoms with van der Waals surface area (Å²) in [5, 5.41) is 3.95. The number of methoxy groups -OCH3 is 1. The lowest BCUT2D eigenvalue weighted by atomic mass is 10.0. The first-order valence-corrected chi connectivity index (χ1v) is 11.1. The van der Waals surface area contributed by atoms with Crippen LogP contribution in [-0.4, -0.2) is 42.2 Å². The third-order valence-electron chi connectivity index (χ3n) is 5.07. The van der Waals surface area contributed by atoms with Gasteiger partial charge in [0.05, 0.1) is 12.0 Å². The maximum Gasteiger partial charge on any atom is 0.294 e. The van der Waals surface area contributed by atoms with Gasteiger partial charge in [0.15, 0.2) is 0 Å². The monoisotopic (exact) mass is 472 g/mol. The van der Waals surface area contributed by atoms with Crippen molar-refractivity contribution in [1.82, 2.24) is 4.90 Å². The van der Waals surface area contributed by atoms with Gasteiger partial charge in [-0.2, -0.15) is 0 Å². The normalized spacial score (nSPS) is 14.4. The number of terminal acetylenes is 1. The zero-order valence-electron chi connectivity index (χ0n) is 18.2. The van der Waals surface area contributed by atoms with Crippen LogP contribution in [0.15, 0.2) is 65.6 Å². The van der Waals surface area contributed by atoms with Crippen LogP contribution in [0.5, 0.6) is 11.5 Å². The Morgan fingerprint density at radius 3 is 2.62 bits per heavy atom. The van der Waals surface area contributed by atoms with Crippen molar-refractivity contribution in [1.29, 1.82) is 0 Å². The van der Waals surface area contributed by atoms with Crippen LogP contribution < -0.4 is 14.8 Å². The van der Waals surface area contributed by atoms with Gasteiger partial charge in [-0.25, -0.2) is 0 Å². The summed E-state index contributed by atoms with van der Waals surface area (Å²) in [6, 6.07) is 18.0. The van der Waals surface area contributed by atoms with Crippen molar-refractivity contribution in [3.63, 3.8) is 0 Å². The first-order valence-electron chi connectivity index (χ1n) is 10.3. The zero-order valence-corrected chi connectivity index (χ0v) is 19.1. The van der Waals surface area contributed by atoms with E-state index in [4.69, 9.17) is 15.9 Å². The average Bonchev–Trinajstić information content (AvgIpc) is 3.11. The van der Waals surface area contributed by atoms with Crippen LogP contribution in [0.1, 0.15) is 5.56 Å². The van der Waals surface area contributed by atoms with Gasteiger partial charge in [-0.05, 0) is 58.9 Å². The Morgan fingerprint density at radius 2 is 1.88 bits per heavy atom. The molecule has 1 aliphatic heterocycles. The van der Waals surface area contributed by atoms with Crippen LogP contribution in [0, 0.1) is 12.3 Å². The van der Waals surface area contributed by atoms with E-state index < -0.39 is 23.6 Å². The summed E-state index contributed by atoms with van der Waals surface area (Å²) in [5.41, 5.74) is 1.17. The second kappa shape index (κ2) is 10.1. The van der Waals surface area contributed by atoms with E-state index in [9.17, 15) is 14.4 Å². The zero-order chi connectivity index (χ0) is 24.1. The number of hydrogen-bond donors (Lipinski definition) is 1. The molecule has 3 amide bonds. The molecule has 0 unspecified atom stereocenters. The molecule has 3 aromatic rings. The molecular weight excluding hydrogens is 452 g/mol. The summed E-state index contributed by atoms with van der Waals surface area (Å²) in [6.07, 6.45) is 6.94. The molecule has 1 aliphatic rings. The van der Waals surface area contributed by atoms with Crippen LogP contribution >= 0.6 is 11.8 Å². The Hall–Kier alpha value is -4.22. The first kappa shape index (κ1) is 23.0. The van der Waals surface area contributed by atoms with Gasteiger partial charge in [-0.3, -0.25) is 19.3 Å². The molecule has 0 saturated carbocycles. The van der Waals surface area contributed by atoms with E-state index in [0.29, 0.717) is 22.7 Å². The summed E-state index contributed by atoms with van der Waals surface area (Å²) < 4.78 is 10.8. The molecule has 8 heteroatoms. The number of hydrogen-bond acceptors (Lipinski definition) is 6. The Morgan fingerprint density at radius 1 is 1.12 bits per heavy atom. The van der Waals surface area contributed by atoms with Crippen molar-refractivity contribution in [3.8, 4) is 23.8 Å². The lowest BCUT2D eigenvalue weighted by Crippen LogP contribution is -2.36. The van der Waals surface area contributed by atoms with E-state index in [2.05, 4.69) is 11.2 Å². The maximum atomic E-state index is 13.0. The predicted octanol–water partition coefficient (Wildman–Crippen LogP) is 4.54. The van der Waals surface area contributed by atoms with E-state index in [1.807, 2.05) is 30.3 Å². The van der Waals surface area contributed by atoms with Crippen molar-refractivity contribution in [2.24, 2.45) is 0 Å².